The molecule has 3 rings (SSSR count). The second kappa shape index (κ2) is 10.5. The molecule has 0 bridgehead atoms. The highest BCUT2D eigenvalue weighted by Gasteiger charge is 2.34. The molecule has 2 aromatic carbocycles. The predicted octanol–water partition coefficient (Wildman–Crippen LogP) is 4.89. The minimum absolute atomic E-state index is 0.158. The van der Waals surface area contributed by atoms with Gasteiger partial charge in [-0.25, -0.2) is 0 Å². The Morgan fingerprint density at radius 3 is 2.28 bits per heavy atom. The zero-order chi connectivity index (χ0) is 20.5. The molecule has 0 spiro atoms. The number of likely N-dealkylation sites (tertiary alicyclic amines) is 1. The molecule has 0 unspecified atom stereocenters. The number of aryl methyl sites for hydroxylation is 1. The van der Waals surface area contributed by atoms with Crippen LogP contribution in [0.5, 0.6) is 0 Å². The SMILES string of the molecule is CCOCC1(CCc2ccccc2)CCN(CCc2ccc([N+](=O)[O-])cc2)CC1. The molecule has 2 aromatic rings. The third-order valence-corrected chi connectivity index (χ3v) is 6.18. The molecular formula is C24H32N2O3. The fourth-order valence-electron chi connectivity index (χ4n) is 4.16. The monoisotopic (exact) mass is 396 g/mol. The van der Waals surface area contributed by atoms with Gasteiger partial charge in [0.25, 0.3) is 5.69 Å². The highest BCUT2D eigenvalue weighted by Crippen LogP contribution is 2.36. The number of nitrogens with zero attached hydrogens (tertiary/aromatic N) is 2. The maximum atomic E-state index is 10.8. The van der Waals surface area contributed by atoms with Gasteiger partial charge < -0.3 is 9.64 Å². The van der Waals surface area contributed by atoms with Gasteiger partial charge in [-0.3, -0.25) is 10.1 Å². The van der Waals surface area contributed by atoms with Gasteiger partial charge in [0.05, 0.1) is 11.5 Å². The van der Waals surface area contributed by atoms with Crippen molar-refractivity contribution >= 4 is 5.69 Å². The van der Waals surface area contributed by atoms with Gasteiger partial charge in [0, 0.05) is 25.3 Å². The molecule has 156 valence electrons. The van der Waals surface area contributed by atoms with Gasteiger partial charge >= 0.3 is 0 Å². The summed E-state index contributed by atoms with van der Waals surface area (Å²) < 4.78 is 5.89. The van der Waals surface area contributed by atoms with Crippen molar-refractivity contribution in [2.75, 3.05) is 32.8 Å². The summed E-state index contributed by atoms with van der Waals surface area (Å²) in [6.45, 7) is 6.89. The molecular weight excluding hydrogens is 364 g/mol. The summed E-state index contributed by atoms with van der Waals surface area (Å²) in [6.07, 6.45) is 5.55. The molecule has 0 saturated carbocycles. The summed E-state index contributed by atoms with van der Waals surface area (Å²) >= 11 is 0. The predicted molar refractivity (Wildman–Crippen MR) is 116 cm³/mol. The Kier molecular flexibility index (Phi) is 7.78. The van der Waals surface area contributed by atoms with E-state index in [0.717, 1.165) is 51.3 Å². The number of hydrogen-bond donors (Lipinski definition) is 0. The molecule has 5 heteroatoms. The lowest BCUT2D eigenvalue weighted by Crippen LogP contribution is -2.43. The molecule has 1 aliphatic heterocycles. The Bertz CT molecular complexity index is 753. The Morgan fingerprint density at radius 2 is 1.66 bits per heavy atom. The van der Waals surface area contributed by atoms with Crippen molar-refractivity contribution in [1.29, 1.82) is 0 Å². The van der Waals surface area contributed by atoms with E-state index < -0.39 is 0 Å². The van der Waals surface area contributed by atoms with Crippen LogP contribution in [0.4, 0.5) is 5.69 Å². The first-order chi connectivity index (χ1) is 14.1. The summed E-state index contributed by atoms with van der Waals surface area (Å²) in [4.78, 5) is 13.0. The number of hydrogen-bond acceptors (Lipinski definition) is 4. The number of piperidine rings is 1. The molecule has 0 N–H and O–H groups in total. The Hall–Kier alpha value is -2.24. The molecule has 0 aliphatic carbocycles. The van der Waals surface area contributed by atoms with Crippen LogP contribution in [0.2, 0.25) is 0 Å². The lowest BCUT2D eigenvalue weighted by atomic mass is 9.74. The fraction of sp³-hybridized carbons (Fsp3) is 0.500. The molecule has 0 radical (unpaired) electrons. The van der Waals surface area contributed by atoms with Crippen LogP contribution in [0.1, 0.15) is 37.3 Å². The van der Waals surface area contributed by atoms with E-state index in [2.05, 4.69) is 42.2 Å². The summed E-state index contributed by atoms with van der Waals surface area (Å²) in [6, 6.07) is 17.7. The molecule has 5 nitrogen and oxygen atoms in total. The second-order valence-electron chi connectivity index (χ2n) is 8.14. The third-order valence-electron chi connectivity index (χ3n) is 6.18. The Balaban J connectivity index is 1.50. The topological polar surface area (TPSA) is 55.6 Å². The van der Waals surface area contributed by atoms with E-state index in [-0.39, 0.29) is 16.0 Å². The van der Waals surface area contributed by atoms with E-state index in [4.69, 9.17) is 4.74 Å². The number of ether oxygens (including phenoxy) is 1. The summed E-state index contributed by atoms with van der Waals surface area (Å²) in [5.41, 5.74) is 3.00. The standard InChI is InChI=1S/C24H32N2O3/c1-2-29-20-24(14-12-21-6-4-3-5-7-21)15-18-25(19-16-24)17-13-22-8-10-23(11-9-22)26(27)28/h3-11H,2,12-20H2,1H3. The average molecular weight is 397 g/mol. The van der Waals surface area contributed by atoms with Gasteiger partial charge in [-0.1, -0.05) is 42.5 Å². The zero-order valence-corrected chi connectivity index (χ0v) is 17.4. The molecule has 0 amide bonds. The smallest absolute Gasteiger partial charge is 0.269 e. The van der Waals surface area contributed by atoms with Crippen molar-refractivity contribution in [3.63, 3.8) is 0 Å². The summed E-state index contributed by atoms with van der Waals surface area (Å²) in [5.74, 6) is 0. The minimum atomic E-state index is -0.345. The van der Waals surface area contributed by atoms with Gasteiger partial charge in [0.2, 0.25) is 0 Å². The average Bonchev–Trinajstić information content (AvgIpc) is 2.77. The van der Waals surface area contributed by atoms with Crippen molar-refractivity contribution in [3.05, 3.63) is 75.8 Å². The van der Waals surface area contributed by atoms with Gasteiger partial charge in [0.1, 0.15) is 0 Å². The van der Waals surface area contributed by atoms with Crippen LogP contribution in [0.15, 0.2) is 54.6 Å². The number of rotatable bonds is 10. The summed E-state index contributed by atoms with van der Waals surface area (Å²) in [7, 11) is 0. The van der Waals surface area contributed by atoms with Gasteiger partial charge in [-0.2, -0.15) is 0 Å². The van der Waals surface area contributed by atoms with Crippen molar-refractivity contribution in [3.8, 4) is 0 Å². The van der Waals surface area contributed by atoms with Crippen molar-refractivity contribution < 1.29 is 9.66 Å². The molecule has 0 aromatic heterocycles. The van der Waals surface area contributed by atoms with Crippen molar-refractivity contribution in [1.82, 2.24) is 4.90 Å². The largest absolute Gasteiger partial charge is 0.381 e. The molecule has 29 heavy (non-hydrogen) atoms. The summed E-state index contributed by atoms with van der Waals surface area (Å²) in [5, 5.41) is 10.8. The molecule has 1 saturated heterocycles. The Labute approximate surface area is 173 Å². The van der Waals surface area contributed by atoms with Crippen molar-refractivity contribution in [2.24, 2.45) is 5.41 Å². The van der Waals surface area contributed by atoms with Crippen LogP contribution >= 0.6 is 0 Å². The maximum absolute atomic E-state index is 10.8. The van der Waals surface area contributed by atoms with Gasteiger partial charge in [0.15, 0.2) is 0 Å². The van der Waals surface area contributed by atoms with Gasteiger partial charge in [-0.15, -0.1) is 0 Å². The number of benzene rings is 2. The van der Waals surface area contributed by atoms with Crippen LogP contribution in [0.25, 0.3) is 0 Å². The van der Waals surface area contributed by atoms with E-state index >= 15 is 0 Å². The lowest BCUT2D eigenvalue weighted by molar-refractivity contribution is -0.384. The highest BCUT2D eigenvalue weighted by atomic mass is 16.6. The van der Waals surface area contributed by atoms with E-state index in [1.807, 2.05) is 12.1 Å². The highest BCUT2D eigenvalue weighted by molar-refractivity contribution is 5.32. The first kappa shape index (κ1) is 21.5. The van der Waals surface area contributed by atoms with E-state index in [1.165, 1.54) is 24.8 Å². The first-order valence-corrected chi connectivity index (χ1v) is 10.7. The van der Waals surface area contributed by atoms with E-state index in [1.54, 1.807) is 12.1 Å². The zero-order valence-electron chi connectivity index (χ0n) is 17.4. The molecule has 0 atom stereocenters. The number of nitro benzene ring substituents is 1. The fourth-order valence-corrected chi connectivity index (χ4v) is 4.16. The van der Waals surface area contributed by atoms with Crippen molar-refractivity contribution in [2.45, 2.75) is 39.0 Å². The van der Waals surface area contributed by atoms with Crippen LogP contribution in [0, 0.1) is 15.5 Å². The van der Waals surface area contributed by atoms with Gasteiger partial charge in [-0.05, 0) is 68.7 Å². The molecule has 1 fully saturated rings. The Morgan fingerprint density at radius 1 is 1.00 bits per heavy atom. The quantitative estimate of drug-likeness (QED) is 0.424. The normalized spacial score (nSPS) is 16.6. The third kappa shape index (κ3) is 6.38. The second-order valence-corrected chi connectivity index (χ2v) is 8.14. The van der Waals surface area contributed by atoms with E-state index in [0.29, 0.717) is 0 Å². The van der Waals surface area contributed by atoms with Crippen LogP contribution < -0.4 is 0 Å². The minimum Gasteiger partial charge on any atom is -0.381 e. The number of non-ortho nitro benzene ring substituents is 1. The maximum Gasteiger partial charge on any atom is 0.269 e. The van der Waals surface area contributed by atoms with Crippen LogP contribution in [-0.4, -0.2) is 42.7 Å². The molecule has 1 heterocycles. The first-order valence-electron chi connectivity index (χ1n) is 10.7. The molecule has 1 aliphatic rings. The van der Waals surface area contributed by atoms with E-state index in [9.17, 15) is 10.1 Å². The number of nitro groups is 1. The lowest BCUT2D eigenvalue weighted by Gasteiger charge is -2.42. The van der Waals surface area contributed by atoms with Crippen LogP contribution in [-0.2, 0) is 17.6 Å². The van der Waals surface area contributed by atoms with Crippen LogP contribution in [0.3, 0.4) is 0 Å².